The minimum Gasteiger partial charge on any atom is -0.371 e. The maximum atomic E-state index is 5.59. The predicted octanol–water partition coefficient (Wildman–Crippen LogP) is 3.83. The van der Waals surface area contributed by atoms with Gasteiger partial charge in [-0.25, -0.2) is 9.97 Å². The van der Waals surface area contributed by atoms with Crippen LogP contribution in [0.4, 0.5) is 5.82 Å². The van der Waals surface area contributed by atoms with E-state index in [1.54, 1.807) is 0 Å². The molecule has 0 spiro atoms. The van der Waals surface area contributed by atoms with Crippen molar-refractivity contribution in [1.29, 1.82) is 0 Å². The number of nitrogens with zero attached hydrogens (tertiary/aromatic N) is 2. The standard InChI is InChI=1S/C15H27N3O/c1-7-9-16-15-13(10(3)4)11(5)17-14(18-15)12(6)19-8-2/h10,12H,7-9H2,1-6H3,(H,16,17,18). The molecular weight excluding hydrogens is 238 g/mol. The predicted molar refractivity (Wildman–Crippen MR) is 79.7 cm³/mol. The number of hydrogen-bond donors (Lipinski definition) is 1. The largest absolute Gasteiger partial charge is 0.371 e. The van der Waals surface area contributed by atoms with Gasteiger partial charge in [-0.15, -0.1) is 0 Å². The van der Waals surface area contributed by atoms with Crippen LogP contribution in [0.25, 0.3) is 0 Å². The Morgan fingerprint density at radius 1 is 1.16 bits per heavy atom. The van der Waals surface area contributed by atoms with Crippen molar-refractivity contribution in [2.45, 2.75) is 60.0 Å². The molecule has 0 bridgehead atoms. The van der Waals surface area contributed by atoms with Crippen LogP contribution in [0.15, 0.2) is 0 Å². The minimum atomic E-state index is -0.0629. The first-order chi connectivity index (χ1) is 9.01. The Kier molecular flexibility index (Phi) is 6.22. The molecule has 19 heavy (non-hydrogen) atoms. The molecule has 0 aliphatic carbocycles. The highest BCUT2D eigenvalue weighted by Gasteiger charge is 2.17. The van der Waals surface area contributed by atoms with E-state index < -0.39 is 0 Å². The molecule has 0 aliphatic rings. The highest BCUT2D eigenvalue weighted by molar-refractivity contribution is 5.48. The topological polar surface area (TPSA) is 47.0 Å². The first-order valence-corrected chi connectivity index (χ1v) is 7.25. The summed E-state index contributed by atoms with van der Waals surface area (Å²) in [5.41, 5.74) is 2.26. The van der Waals surface area contributed by atoms with Crippen LogP contribution in [0, 0.1) is 6.92 Å². The van der Waals surface area contributed by atoms with Gasteiger partial charge in [-0.3, -0.25) is 0 Å². The van der Waals surface area contributed by atoms with Gasteiger partial charge in [-0.2, -0.15) is 0 Å². The highest BCUT2D eigenvalue weighted by atomic mass is 16.5. The van der Waals surface area contributed by atoms with E-state index in [1.165, 1.54) is 5.56 Å². The lowest BCUT2D eigenvalue weighted by atomic mass is 10.0. The van der Waals surface area contributed by atoms with E-state index >= 15 is 0 Å². The summed E-state index contributed by atoms with van der Waals surface area (Å²) in [7, 11) is 0. The summed E-state index contributed by atoms with van der Waals surface area (Å²) in [6.45, 7) is 14.1. The molecule has 0 saturated heterocycles. The third kappa shape index (κ3) is 4.16. The normalized spacial score (nSPS) is 12.8. The molecule has 1 unspecified atom stereocenters. The van der Waals surface area contributed by atoms with E-state index in [2.05, 4.69) is 43.0 Å². The Bertz CT molecular complexity index is 405. The van der Waals surface area contributed by atoms with Crippen molar-refractivity contribution in [2.24, 2.45) is 0 Å². The molecule has 1 atom stereocenters. The lowest BCUT2D eigenvalue weighted by Crippen LogP contribution is -2.14. The molecule has 1 N–H and O–H groups in total. The zero-order valence-electron chi connectivity index (χ0n) is 13.1. The molecule has 4 nitrogen and oxygen atoms in total. The third-order valence-electron chi connectivity index (χ3n) is 3.05. The van der Waals surface area contributed by atoms with E-state index in [-0.39, 0.29) is 6.10 Å². The van der Waals surface area contributed by atoms with Crippen molar-refractivity contribution in [1.82, 2.24) is 9.97 Å². The molecular formula is C15H27N3O. The van der Waals surface area contributed by atoms with E-state index in [4.69, 9.17) is 4.74 Å². The van der Waals surface area contributed by atoms with Crippen LogP contribution in [-0.4, -0.2) is 23.1 Å². The van der Waals surface area contributed by atoms with E-state index in [1.807, 2.05) is 13.8 Å². The van der Waals surface area contributed by atoms with E-state index in [9.17, 15) is 0 Å². The van der Waals surface area contributed by atoms with Crippen LogP contribution in [-0.2, 0) is 4.74 Å². The molecule has 0 aromatic carbocycles. The number of aromatic nitrogens is 2. The summed E-state index contributed by atoms with van der Waals surface area (Å²) in [4.78, 5) is 9.27. The molecule has 0 radical (unpaired) electrons. The Labute approximate surface area is 117 Å². The average molecular weight is 265 g/mol. The van der Waals surface area contributed by atoms with Gasteiger partial charge < -0.3 is 10.1 Å². The quantitative estimate of drug-likeness (QED) is 0.814. The molecule has 0 fully saturated rings. The average Bonchev–Trinajstić information content (AvgIpc) is 2.35. The fraction of sp³-hybridized carbons (Fsp3) is 0.733. The first kappa shape index (κ1) is 15.9. The zero-order valence-corrected chi connectivity index (χ0v) is 13.1. The molecule has 1 aromatic rings. The molecule has 0 amide bonds. The van der Waals surface area contributed by atoms with Gasteiger partial charge in [0.25, 0.3) is 0 Å². The number of rotatable bonds is 7. The van der Waals surface area contributed by atoms with Gasteiger partial charge in [0.1, 0.15) is 11.9 Å². The fourth-order valence-corrected chi connectivity index (χ4v) is 2.18. The summed E-state index contributed by atoms with van der Waals surface area (Å²) in [5.74, 6) is 2.14. The maximum Gasteiger partial charge on any atom is 0.159 e. The maximum absolute atomic E-state index is 5.59. The van der Waals surface area contributed by atoms with Crippen molar-refractivity contribution < 1.29 is 4.74 Å². The smallest absolute Gasteiger partial charge is 0.159 e. The molecule has 0 aliphatic heterocycles. The van der Waals surface area contributed by atoms with Gasteiger partial charge >= 0.3 is 0 Å². The van der Waals surface area contributed by atoms with Gasteiger partial charge in [0.2, 0.25) is 0 Å². The van der Waals surface area contributed by atoms with Gasteiger partial charge in [0, 0.05) is 24.4 Å². The van der Waals surface area contributed by atoms with Crippen LogP contribution < -0.4 is 5.32 Å². The Morgan fingerprint density at radius 2 is 1.84 bits per heavy atom. The molecule has 108 valence electrons. The van der Waals surface area contributed by atoms with E-state index in [0.29, 0.717) is 12.5 Å². The van der Waals surface area contributed by atoms with Crippen molar-refractivity contribution in [3.8, 4) is 0 Å². The lowest BCUT2D eigenvalue weighted by Gasteiger charge is -2.19. The first-order valence-electron chi connectivity index (χ1n) is 7.25. The van der Waals surface area contributed by atoms with Gasteiger partial charge in [-0.1, -0.05) is 20.8 Å². The van der Waals surface area contributed by atoms with Gasteiger partial charge in [0.15, 0.2) is 5.82 Å². The summed E-state index contributed by atoms with van der Waals surface area (Å²) in [6, 6.07) is 0. The number of aryl methyl sites for hydroxylation is 1. The fourth-order valence-electron chi connectivity index (χ4n) is 2.18. The monoisotopic (exact) mass is 265 g/mol. The van der Waals surface area contributed by atoms with E-state index in [0.717, 1.165) is 30.3 Å². The van der Waals surface area contributed by atoms with Crippen LogP contribution in [0.1, 0.15) is 70.1 Å². The molecule has 0 saturated carbocycles. The number of ether oxygens (including phenoxy) is 1. The second-order valence-corrected chi connectivity index (χ2v) is 5.11. The number of anilines is 1. The second-order valence-electron chi connectivity index (χ2n) is 5.11. The number of hydrogen-bond acceptors (Lipinski definition) is 4. The molecule has 1 heterocycles. The van der Waals surface area contributed by atoms with Crippen LogP contribution in [0.2, 0.25) is 0 Å². The SMILES string of the molecule is CCCNc1nc(C(C)OCC)nc(C)c1C(C)C. The molecule has 4 heteroatoms. The molecule has 1 rings (SSSR count). The lowest BCUT2D eigenvalue weighted by molar-refractivity contribution is 0.0700. The van der Waals surface area contributed by atoms with Crippen molar-refractivity contribution >= 4 is 5.82 Å². The van der Waals surface area contributed by atoms with Crippen molar-refractivity contribution in [2.75, 3.05) is 18.5 Å². The minimum absolute atomic E-state index is 0.0629. The van der Waals surface area contributed by atoms with Crippen molar-refractivity contribution in [3.63, 3.8) is 0 Å². The summed E-state index contributed by atoms with van der Waals surface area (Å²) in [5, 5.41) is 3.42. The van der Waals surface area contributed by atoms with Crippen LogP contribution in [0.5, 0.6) is 0 Å². The second kappa shape index (κ2) is 7.43. The Morgan fingerprint density at radius 3 is 2.37 bits per heavy atom. The number of nitrogens with one attached hydrogen (secondary N) is 1. The zero-order chi connectivity index (χ0) is 14.4. The van der Waals surface area contributed by atoms with Gasteiger partial charge in [-0.05, 0) is 33.1 Å². The highest BCUT2D eigenvalue weighted by Crippen LogP contribution is 2.27. The van der Waals surface area contributed by atoms with Gasteiger partial charge in [0.05, 0.1) is 0 Å². The van der Waals surface area contributed by atoms with Crippen molar-refractivity contribution in [3.05, 3.63) is 17.1 Å². The Hall–Kier alpha value is -1.16. The Balaban J connectivity index is 3.14. The third-order valence-corrected chi connectivity index (χ3v) is 3.05. The molecule has 1 aromatic heterocycles. The van der Waals surface area contributed by atoms with Crippen LogP contribution in [0.3, 0.4) is 0 Å². The summed E-state index contributed by atoms with van der Waals surface area (Å²) >= 11 is 0. The van der Waals surface area contributed by atoms with Crippen LogP contribution >= 0.6 is 0 Å². The summed E-state index contributed by atoms with van der Waals surface area (Å²) < 4.78 is 5.59. The summed E-state index contributed by atoms with van der Waals surface area (Å²) in [6.07, 6.45) is 1.02.